The summed E-state index contributed by atoms with van der Waals surface area (Å²) in [5.41, 5.74) is 0.153. The third kappa shape index (κ3) is 4.45. The van der Waals surface area contributed by atoms with E-state index in [2.05, 4.69) is 10.6 Å². The molecule has 2 aromatic carbocycles. The van der Waals surface area contributed by atoms with E-state index in [1.54, 1.807) is 0 Å². The first-order chi connectivity index (χ1) is 14.0. The number of amides is 4. The summed E-state index contributed by atoms with van der Waals surface area (Å²) in [6.45, 7) is 1.92. The number of nitrogens with zero attached hydrogens (tertiary/aromatic N) is 1. The minimum Gasteiger partial charge on any atom is -0.350 e. The SMILES string of the molecule is CCCC[C@]1(c2ccc(F)cc2)NC(=O)N(CC(=O)NCc2ccccc2)C1=O. The molecule has 1 aliphatic heterocycles. The highest BCUT2D eigenvalue weighted by Crippen LogP contribution is 2.34. The summed E-state index contributed by atoms with van der Waals surface area (Å²) >= 11 is 0. The molecule has 4 amide bonds. The maximum Gasteiger partial charge on any atom is 0.325 e. The first kappa shape index (κ1) is 20.5. The van der Waals surface area contributed by atoms with Crippen molar-refractivity contribution in [3.05, 3.63) is 71.5 Å². The van der Waals surface area contributed by atoms with Crippen LogP contribution in [-0.2, 0) is 21.7 Å². The Morgan fingerprint density at radius 2 is 1.79 bits per heavy atom. The molecule has 29 heavy (non-hydrogen) atoms. The van der Waals surface area contributed by atoms with Crippen molar-refractivity contribution in [2.75, 3.05) is 6.54 Å². The minimum atomic E-state index is -1.28. The molecular weight excluding hydrogens is 373 g/mol. The van der Waals surface area contributed by atoms with Crippen LogP contribution in [0.15, 0.2) is 54.6 Å². The fourth-order valence-corrected chi connectivity index (χ4v) is 3.45. The highest BCUT2D eigenvalue weighted by molar-refractivity contribution is 6.09. The zero-order valence-corrected chi connectivity index (χ0v) is 16.3. The molecule has 0 radical (unpaired) electrons. The molecule has 0 bridgehead atoms. The fraction of sp³-hybridized carbons (Fsp3) is 0.318. The number of benzene rings is 2. The van der Waals surface area contributed by atoms with E-state index in [9.17, 15) is 18.8 Å². The first-order valence-corrected chi connectivity index (χ1v) is 9.67. The van der Waals surface area contributed by atoms with Gasteiger partial charge in [-0.15, -0.1) is 0 Å². The van der Waals surface area contributed by atoms with Crippen LogP contribution in [0.5, 0.6) is 0 Å². The molecule has 0 saturated carbocycles. The van der Waals surface area contributed by atoms with Crippen LogP contribution in [0.3, 0.4) is 0 Å². The molecule has 2 N–H and O–H groups in total. The van der Waals surface area contributed by atoms with Gasteiger partial charge in [-0.3, -0.25) is 14.5 Å². The Hall–Kier alpha value is -3.22. The van der Waals surface area contributed by atoms with Crippen LogP contribution in [0.4, 0.5) is 9.18 Å². The van der Waals surface area contributed by atoms with Gasteiger partial charge in [0.1, 0.15) is 17.9 Å². The van der Waals surface area contributed by atoms with Crippen LogP contribution in [0.2, 0.25) is 0 Å². The van der Waals surface area contributed by atoms with Gasteiger partial charge in [0.2, 0.25) is 5.91 Å². The molecule has 7 heteroatoms. The van der Waals surface area contributed by atoms with Gasteiger partial charge >= 0.3 is 6.03 Å². The number of halogens is 1. The quantitative estimate of drug-likeness (QED) is 0.672. The summed E-state index contributed by atoms with van der Waals surface area (Å²) in [5, 5.41) is 5.47. The lowest BCUT2D eigenvalue weighted by Gasteiger charge is -2.27. The van der Waals surface area contributed by atoms with Crippen LogP contribution in [-0.4, -0.2) is 29.3 Å². The van der Waals surface area contributed by atoms with Crippen molar-refractivity contribution in [2.45, 2.75) is 38.3 Å². The molecule has 2 aromatic rings. The summed E-state index contributed by atoms with van der Waals surface area (Å²) < 4.78 is 13.4. The van der Waals surface area contributed by atoms with Crippen LogP contribution in [0, 0.1) is 5.82 Å². The van der Waals surface area contributed by atoms with E-state index < -0.39 is 29.2 Å². The molecule has 6 nitrogen and oxygen atoms in total. The normalized spacial score (nSPS) is 18.6. The molecule has 1 atom stereocenters. The minimum absolute atomic E-state index is 0.308. The number of unbranched alkanes of at least 4 members (excludes halogenated alkanes) is 1. The molecule has 1 fully saturated rings. The summed E-state index contributed by atoms with van der Waals surface area (Å²) in [7, 11) is 0. The van der Waals surface area contributed by atoms with E-state index in [0.717, 1.165) is 16.9 Å². The molecule has 0 aromatic heterocycles. The summed E-state index contributed by atoms with van der Waals surface area (Å²) in [4.78, 5) is 39.0. The Morgan fingerprint density at radius 1 is 1.10 bits per heavy atom. The molecule has 3 rings (SSSR count). The van der Waals surface area contributed by atoms with Crippen LogP contribution < -0.4 is 10.6 Å². The highest BCUT2D eigenvalue weighted by atomic mass is 19.1. The Bertz CT molecular complexity index is 886. The molecule has 152 valence electrons. The van der Waals surface area contributed by atoms with Gasteiger partial charge in [-0.2, -0.15) is 0 Å². The monoisotopic (exact) mass is 397 g/mol. The number of imide groups is 1. The zero-order valence-electron chi connectivity index (χ0n) is 16.3. The Morgan fingerprint density at radius 3 is 2.45 bits per heavy atom. The average Bonchev–Trinajstić information content (AvgIpc) is 2.97. The van der Waals surface area contributed by atoms with E-state index in [4.69, 9.17) is 0 Å². The first-order valence-electron chi connectivity index (χ1n) is 9.67. The van der Waals surface area contributed by atoms with Gasteiger partial charge in [0, 0.05) is 6.54 Å². The van der Waals surface area contributed by atoms with Gasteiger partial charge in [-0.25, -0.2) is 9.18 Å². The van der Waals surface area contributed by atoms with E-state index in [1.165, 1.54) is 24.3 Å². The molecule has 0 aliphatic carbocycles. The Kier molecular flexibility index (Phi) is 6.26. The van der Waals surface area contributed by atoms with Crippen molar-refractivity contribution in [1.29, 1.82) is 0 Å². The van der Waals surface area contributed by atoms with Crippen LogP contribution >= 0.6 is 0 Å². The maximum absolute atomic E-state index is 13.4. The van der Waals surface area contributed by atoms with Crippen LogP contribution in [0.1, 0.15) is 37.3 Å². The second-order valence-corrected chi connectivity index (χ2v) is 7.10. The standard InChI is InChI=1S/C22H24FN3O3/c1-2-3-13-22(17-9-11-18(23)12-10-17)20(28)26(21(29)25-22)15-19(27)24-14-16-7-5-4-6-8-16/h4-12H,2-3,13-15H2,1H3,(H,24,27)(H,25,29)/t22-/m1/s1. The van der Waals surface area contributed by atoms with Gasteiger partial charge in [0.05, 0.1) is 0 Å². The van der Waals surface area contributed by atoms with Gasteiger partial charge in [0.25, 0.3) is 5.91 Å². The van der Waals surface area contributed by atoms with Crippen molar-refractivity contribution >= 4 is 17.8 Å². The second-order valence-electron chi connectivity index (χ2n) is 7.10. The third-order valence-electron chi connectivity index (χ3n) is 5.05. The number of nitrogens with one attached hydrogen (secondary N) is 2. The number of rotatable bonds is 8. The third-order valence-corrected chi connectivity index (χ3v) is 5.05. The van der Waals surface area contributed by atoms with Crippen molar-refractivity contribution in [3.63, 3.8) is 0 Å². The molecule has 1 saturated heterocycles. The lowest BCUT2D eigenvalue weighted by Crippen LogP contribution is -2.45. The van der Waals surface area contributed by atoms with E-state index >= 15 is 0 Å². The topological polar surface area (TPSA) is 78.5 Å². The van der Waals surface area contributed by atoms with Crippen molar-refractivity contribution in [1.82, 2.24) is 15.5 Å². The average molecular weight is 397 g/mol. The number of urea groups is 1. The van der Waals surface area contributed by atoms with E-state index in [-0.39, 0.29) is 6.54 Å². The predicted molar refractivity (Wildman–Crippen MR) is 106 cm³/mol. The number of carbonyl (C=O) groups excluding carboxylic acids is 3. The van der Waals surface area contributed by atoms with E-state index in [1.807, 2.05) is 37.3 Å². The van der Waals surface area contributed by atoms with Crippen molar-refractivity contribution in [2.24, 2.45) is 0 Å². The van der Waals surface area contributed by atoms with Gasteiger partial charge in [-0.05, 0) is 29.7 Å². The lowest BCUT2D eigenvalue weighted by atomic mass is 9.85. The molecular formula is C22H24FN3O3. The molecule has 1 heterocycles. The smallest absolute Gasteiger partial charge is 0.325 e. The zero-order chi connectivity index (χ0) is 20.9. The molecule has 0 unspecified atom stereocenters. The number of carbonyl (C=O) groups is 3. The molecule has 0 spiro atoms. The summed E-state index contributed by atoms with van der Waals surface area (Å²) in [6, 6.07) is 14.3. The lowest BCUT2D eigenvalue weighted by molar-refractivity contribution is -0.135. The van der Waals surface area contributed by atoms with Crippen molar-refractivity contribution < 1.29 is 18.8 Å². The number of hydrogen-bond donors (Lipinski definition) is 2. The van der Waals surface area contributed by atoms with Gasteiger partial charge in [-0.1, -0.05) is 62.2 Å². The maximum atomic E-state index is 13.4. The highest BCUT2D eigenvalue weighted by Gasteiger charge is 2.52. The fourth-order valence-electron chi connectivity index (χ4n) is 3.45. The number of hydrogen-bond acceptors (Lipinski definition) is 3. The largest absolute Gasteiger partial charge is 0.350 e. The van der Waals surface area contributed by atoms with Crippen LogP contribution in [0.25, 0.3) is 0 Å². The second kappa shape index (κ2) is 8.86. The summed E-state index contributed by atoms with van der Waals surface area (Å²) in [5.74, 6) is -1.34. The van der Waals surface area contributed by atoms with E-state index in [0.29, 0.717) is 24.9 Å². The molecule has 1 aliphatic rings. The Labute approximate surface area is 169 Å². The van der Waals surface area contributed by atoms with Gasteiger partial charge in [0.15, 0.2) is 0 Å². The van der Waals surface area contributed by atoms with Gasteiger partial charge < -0.3 is 10.6 Å². The Balaban J connectivity index is 1.75. The predicted octanol–water partition coefficient (Wildman–Crippen LogP) is 3.08. The summed E-state index contributed by atoms with van der Waals surface area (Å²) in [6.07, 6.45) is 1.89. The van der Waals surface area contributed by atoms with Crippen molar-refractivity contribution in [3.8, 4) is 0 Å².